The predicted octanol–water partition coefficient (Wildman–Crippen LogP) is 4.66. The minimum atomic E-state index is -0.338. The quantitative estimate of drug-likeness (QED) is 0.637. The Morgan fingerprint density at radius 1 is 1.00 bits per heavy atom. The van der Waals surface area contributed by atoms with Gasteiger partial charge in [0.25, 0.3) is 5.91 Å². The van der Waals surface area contributed by atoms with E-state index in [1.807, 2.05) is 19.1 Å². The number of hydrogen-bond acceptors (Lipinski definition) is 5. The fourth-order valence-corrected chi connectivity index (χ4v) is 3.35. The zero-order valence-corrected chi connectivity index (χ0v) is 16.8. The minimum absolute atomic E-state index is 0.114. The lowest BCUT2D eigenvalue weighted by Crippen LogP contribution is -2.18. The molecule has 0 unspecified atom stereocenters. The van der Waals surface area contributed by atoms with Crippen molar-refractivity contribution in [2.75, 3.05) is 10.6 Å². The number of pyridine rings is 1. The highest BCUT2D eigenvalue weighted by Gasteiger charge is 2.17. The summed E-state index contributed by atoms with van der Waals surface area (Å²) in [6.45, 7) is 6.03. The zero-order chi connectivity index (χ0) is 20.1. The van der Waals surface area contributed by atoms with Crippen LogP contribution in [-0.4, -0.2) is 21.8 Å². The topological polar surface area (TPSA) is 84.0 Å². The van der Waals surface area contributed by atoms with E-state index in [1.54, 1.807) is 36.7 Å². The number of carbonyl (C=O) groups is 2. The van der Waals surface area contributed by atoms with Gasteiger partial charge in [-0.2, -0.15) is 0 Å². The maximum atomic E-state index is 12.5. The van der Waals surface area contributed by atoms with E-state index >= 15 is 0 Å². The lowest BCUT2D eigenvalue weighted by Gasteiger charge is -2.12. The lowest BCUT2D eigenvalue weighted by atomic mass is 10.00. The number of nitrogens with zero attached hydrogens (tertiary/aromatic N) is 2. The van der Waals surface area contributed by atoms with Crippen molar-refractivity contribution >= 4 is 34.0 Å². The second-order valence-electron chi connectivity index (χ2n) is 6.75. The Kier molecular flexibility index (Phi) is 6.16. The molecule has 0 spiro atoms. The Labute approximate surface area is 168 Å². The average molecular weight is 395 g/mol. The molecular formula is C21H22N4O2S. The molecule has 0 aliphatic heterocycles. The Morgan fingerprint density at radius 2 is 1.75 bits per heavy atom. The molecule has 0 fully saturated rings. The van der Waals surface area contributed by atoms with E-state index in [-0.39, 0.29) is 17.7 Å². The summed E-state index contributed by atoms with van der Waals surface area (Å²) < 4.78 is 0. The Bertz CT molecular complexity index is 952. The predicted molar refractivity (Wildman–Crippen MR) is 112 cm³/mol. The molecule has 0 bridgehead atoms. The molecule has 2 N–H and O–H groups in total. The zero-order valence-electron chi connectivity index (χ0n) is 16.0. The molecule has 3 aromatic rings. The van der Waals surface area contributed by atoms with Crippen LogP contribution in [0.25, 0.3) is 0 Å². The summed E-state index contributed by atoms with van der Waals surface area (Å²) in [5.74, 6) is -0.294. The van der Waals surface area contributed by atoms with E-state index in [9.17, 15) is 9.59 Å². The molecule has 6 nitrogen and oxygen atoms in total. The van der Waals surface area contributed by atoms with E-state index in [0.717, 1.165) is 10.4 Å². The molecule has 1 aromatic carbocycles. The van der Waals surface area contributed by atoms with Gasteiger partial charge < -0.3 is 10.6 Å². The number of thiazole rings is 1. The molecule has 0 aliphatic rings. The summed E-state index contributed by atoms with van der Waals surface area (Å²) >= 11 is 1.49. The van der Waals surface area contributed by atoms with Crippen LogP contribution in [0.15, 0.2) is 55.0 Å². The number of benzene rings is 1. The van der Waals surface area contributed by atoms with Crippen LogP contribution in [-0.2, 0) is 4.79 Å². The highest BCUT2D eigenvalue weighted by atomic mass is 32.1. The summed E-state index contributed by atoms with van der Waals surface area (Å²) in [7, 11) is 0. The lowest BCUT2D eigenvalue weighted by molar-refractivity contribution is -0.117. The smallest absolute Gasteiger partial charge is 0.257 e. The van der Waals surface area contributed by atoms with E-state index in [2.05, 4.69) is 34.4 Å². The number of carbonyl (C=O) groups excluding carboxylic acids is 2. The monoisotopic (exact) mass is 394 g/mol. The fraction of sp³-hybridized carbons (Fsp3) is 0.238. The van der Waals surface area contributed by atoms with Crippen LogP contribution >= 0.6 is 11.3 Å². The molecule has 28 heavy (non-hydrogen) atoms. The molecule has 0 radical (unpaired) electrons. The van der Waals surface area contributed by atoms with Crippen molar-refractivity contribution in [1.82, 2.24) is 9.97 Å². The third-order valence-corrected chi connectivity index (χ3v) is 5.52. The van der Waals surface area contributed by atoms with Crippen molar-refractivity contribution in [3.63, 3.8) is 0 Å². The number of anilines is 2. The summed E-state index contributed by atoms with van der Waals surface area (Å²) in [4.78, 5) is 34.0. The van der Waals surface area contributed by atoms with Gasteiger partial charge in [-0.05, 0) is 42.7 Å². The van der Waals surface area contributed by atoms with Crippen LogP contribution in [0.3, 0.4) is 0 Å². The van der Waals surface area contributed by atoms with Gasteiger partial charge in [0.05, 0.1) is 11.5 Å². The first kappa shape index (κ1) is 19.7. The SMILES string of the molecule is CC(C)c1cnc(NC(=O)[C@@H](C)c2ccc(NC(=O)c3cccnc3)cc2)s1. The van der Waals surface area contributed by atoms with Gasteiger partial charge >= 0.3 is 0 Å². The highest BCUT2D eigenvalue weighted by Crippen LogP contribution is 2.26. The Balaban J connectivity index is 1.61. The van der Waals surface area contributed by atoms with Gasteiger partial charge in [-0.25, -0.2) is 4.98 Å². The van der Waals surface area contributed by atoms with Crippen LogP contribution < -0.4 is 10.6 Å². The summed E-state index contributed by atoms with van der Waals surface area (Å²) in [5.41, 5.74) is 2.01. The van der Waals surface area contributed by atoms with E-state index < -0.39 is 0 Å². The summed E-state index contributed by atoms with van der Waals surface area (Å²) in [5, 5.41) is 6.31. The molecular weight excluding hydrogens is 372 g/mol. The Hall–Kier alpha value is -3.06. The second-order valence-corrected chi connectivity index (χ2v) is 7.81. The largest absolute Gasteiger partial charge is 0.322 e. The van der Waals surface area contributed by atoms with Crippen molar-refractivity contribution in [2.45, 2.75) is 32.6 Å². The number of aromatic nitrogens is 2. The van der Waals surface area contributed by atoms with E-state index in [0.29, 0.717) is 22.3 Å². The van der Waals surface area contributed by atoms with Crippen molar-refractivity contribution in [2.24, 2.45) is 0 Å². The van der Waals surface area contributed by atoms with Gasteiger partial charge in [-0.1, -0.05) is 26.0 Å². The van der Waals surface area contributed by atoms with Gasteiger partial charge in [-0.3, -0.25) is 14.6 Å². The molecule has 1 atom stereocenters. The van der Waals surface area contributed by atoms with Crippen LogP contribution in [0.5, 0.6) is 0 Å². The standard InChI is InChI=1S/C21H22N4O2S/c1-13(2)18-12-23-21(28-18)25-19(26)14(3)15-6-8-17(9-7-15)24-20(27)16-5-4-10-22-11-16/h4-14H,1-3H3,(H,24,27)(H,23,25,26)/t14-/m0/s1. The minimum Gasteiger partial charge on any atom is -0.322 e. The fourth-order valence-electron chi connectivity index (χ4n) is 2.53. The number of rotatable bonds is 6. The number of nitrogens with one attached hydrogen (secondary N) is 2. The number of amides is 2. The van der Waals surface area contributed by atoms with Crippen LogP contribution in [0.1, 0.15) is 53.4 Å². The van der Waals surface area contributed by atoms with Crippen molar-refractivity contribution in [1.29, 1.82) is 0 Å². The van der Waals surface area contributed by atoms with Gasteiger partial charge in [0, 0.05) is 29.2 Å². The summed E-state index contributed by atoms with van der Waals surface area (Å²) in [6, 6.07) is 10.7. The average Bonchev–Trinajstić information content (AvgIpc) is 3.17. The molecule has 7 heteroatoms. The van der Waals surface area contributed by atoms with Crippen LogP contribution in [0.4, 0.5) is 10.8 Å². The molecule has 2 aromatic heterocycles. The van der Waals surface area contributed by atoms with E-state index in [4.69, 9.17) is 0 Å². The van der Waals surface area contributed by atoms with Crippen molar-refractivity contribution in [3.05, 3.63) is 71.0 Å². The molecule has 2 heterocycles. The molecule has 3 rings (SSSR count). The van der Waals surface area contributed by atoms with Crippen LogP contribution in [0, 0.1) is 0 Å². The van der Waals surface area contributed by atoms with E-state index in [1.165, 1.54) is 17.5 Å². The third-order valence-electron chi connectivity index (χ3n) is 4.31. The third kappa shape index (κ3) is 4.80. The van der Waals surface area contributed by atoms with Crippen molar-refractivity contribution < 1.29 is 9.59 Å². The molecule has 144 valence electrons. The normalized spacial score (nSPS) is 11.9. The van der Waals surface area contributed by atoms with Gasteiger partial charge in [0.1, 0.15) is 0 Å². The maximum absolute atomic E-state index is 12.5. The molecule has 2 amide bonds. The molecule has 0 saturated carbocycles. The first-order chi connectivity index (χ1) is 13.4. The van der Waals surface area contributed by atoms with Crippen molar-refractivity contribution in [3.8, 4) is 0 Å². The Morgan fingerprint density at radius 3 is 2.36 bits per heavy atom. The first-order valence-electron chi connectivity index (χ1n) is 9.02. The second kappa shape index (κ2) is 8.75. The molecule has 0 aliphatic carbocycles. The highest BCUT2D eigenvalue weighted by molar-refractivity contribution is 7.15. The molecule has 0 saturated heterocycles. The first-order valence-corrected chi connectivity index (χ1v) is 9.83. The van der Waals surface area contributed by atoms with Gasteiger partial charge in [0.2, 0.25) is 5.91 Å². The number of hydrogen-bond donors (Lipinski definition) is 2. The van der Waals surface area contributed by atoms with Gasteiger partial charge in [-0.15, -0.1) is 11.3 Å². The summed E-state index contributed by atoms with van der Waals surface area (Å²) in [6.07, 6.45) is 4.93. The van der Waals surface area contributed by atoms with Gasteiger partial charge in [0.15, 0.2) is 5.13 Å². The van der Waals surface area contributed by atoms with Crippen LogP contribution in [0.2, 0.25) is 0 Å². The maximum Gasteiger partial charge on any atom is 0.257 e.